The molecule has 2 amide bonds. The maximum Gasteiger partial charge on any atom is 0.270 e. The molecule has 122 valence electrons. The number of benzene rings is 2. The first-order valence-electron chi connectivity index (χ1n) is 7.01. The van der Waals surface area contributed by atoms with Crippen molar-refractivity contribution >= 4 is 40.5 Å². The molecule has 24 heavy (non-hydrogen) atoms. The van der Waals surface area contributed by atoms with Gasteiger partial charge in [0.25, 0.3) is 11.6 Å². The van der Waals surface area contributed by atoms with E-state index in [1.54, 1.807) is 30.1 Å². The van der Waals surface area contributed by atoms with Gasteiger partial charge in [0.05, 0.1) is 21.9 Å². The molecule has 3 rings (SSSR count). The summed E-state index contributed by atoms with van der Waals surface area (Å²) in [5.74, 6) is -0.487. The molecule has 2 aromatic carbocycles. The molecule has 0 spiro atoms. The number of halogens is 1. The van der Waals surface area contributed by atoms with Crippen molar-refractivity contribution < 1.29 is 14.5 Å². The lowest BCUT2D eigenvalue weighted by Crippen LogP contribution is -2.20. The van der Waals surface area contributed by atoms with E-state index in [0.717, 1.165) is 17.3 Å². The van der Waals surface area contributed by atoms with E-state index < -0.39 is 10.8 Å². The summed E-state index contributed by atoms with van der Waals surface area (Å²) in [5.41, 5.74) is 2.12. The van der Waals surface area contributed by atoms with Crippen molar-refractivity contribution in [1.82, 2.24) is 0 Å². The third-order valence-electron chi connectivity index (χ3n) is 3.82. The smallest absolute Gasteiger partial charge is 0.270 e. The van der Waals surface area contributed by atoms with Crippen LogP contribution in [-0.4, -0.2) is 23.8 Å². The predicted molar refractivity (Wildman–Crippen MR) is 89.6 cm³/mol. The summed E-state index contributed by atoms with van der Waals surface area (Å²) in [7, 11) is 1.70. The Hall–Kier alpha value is -2.93. The number of amides is 2. The second kappa shape index (κ2) is 5.93. The number of non-ortho nitro benzene ring substituents is 1. The van der Waals surface area contributed by atoms with E-state index in [2.05, 4.69) is 5.32 Å². The Morgan fingerprint density at radius 2 is 2.04 bits per heavy atom. The first-order chi connectivity index (χ1) is 11.4. The molecular formula is C16H12ClN3O4. The summed E-state index contributed by atoms with van der Waals surface area (Å²) >= 11 is 5.95. The van der Waals surface area contributed by atoms with Crippen LogP contribution in [0.15, 0.2) is 36.4 Å². The van der Waals surface area contributed by atoms with E-state index in [-0.39, 0.29) is 28.6 Å². The first kappa shape index (κ1) is 15.9. The largest absolute Gasteiger partial charge is 0.322 e. The average Bonchev–Trinajstić information content (AvgIpc) is 2.81. The zero-order valence-electron chi connectivity index (χ0n) is 12.6. The van der Waals surface area contributed by atoms with Gasteiger partial charge in [-0.2, -0.15) is 0 Å². The zero-order valence-corrected chi connectivity index (χ0v) is 13.3. The lowest BCUT2D eigenvalue weighted by molar-refractivity contribution is -0.384. The fourth-order valence-corrected chi connectivity index (χ4v) is 2.81. The lowest BCUT2D eigenvalue weighted by atomic mass is 10.1. The summed E-state index contributed by atoms with van der Waals surface area (Å²) in [4.78, 5) is 35.7. The van der Waals surface area contributed by atoms with Gasteiger partial charge in [0.15, 0.2) is 0 Å². The minimum absolute atomic E-state index is 0.00206. The quantitative estimate of drug-likeness (QED) is 0.683. The fraction of sp³-hybridized carbons (Fsp3) is 0.125. The van der Waals surface area contributed by atoms with Crippen LogP contribution < -0.4 is 10.2 Å². The van der Waals surface area contributed by atoms with Crippen LogP contribution in [0.3, 0.4) is 0 Å². The number of fused-ring (bicyclic) bond motifs is 1. The Balaban J connectivity index is 1.82. The van der Waals surface area contributed by atoms with Crippen LogP contribution >= 0.6 is 11.6 Å². The molecule has 1 heterocycles. The minimum atomic E-state index is -0.582. The molecule has 1 aliphatic rings. The number of carbonyl (C=O) groups excluding carboxylic acids is 2. The fourth-order valence-electron chi connectivity index (χ4n) is 2.55. The Morgan fingerprint density at radius 3 is 2.71 bits per heavy atom. The predicted octanol–water partition coefficient (Wildman–Crippen LogP) is 3.02. The van der Waals surface area contributed by atoms with Crippen LogP contribution in [0, 0.1) is 10.1 Å². The molecule has 1 aliphatic heterocycles. The second-order valence-electron chi connectivity index (χ2n) is 5.35. The van der Waals surface area contributed by atoms with Crippen molar-refractivity contribution in [2.24, 2.45) is 0 Å². The molecule has 7 nitrogen and oxygen atoms in total. The Labute approximate surface area is 142 Å². The molecule has 0 bridgehead atoms. The number of nitro groups is 1. The van der Waals surface area contributed by atoms with E-state index in [1.807, 2.05) is 0 Å². The van der Waals surface area contributed by atoms with E-state index in [9.17, 15) is 19.7 Å². The van der Waals surface area contributed by atoms with Crippen LogP contribution in [-0.2, 0) is 11.2 Å². The maximum atomic E-state index is 12.3. The summed E-state index contributed by atoms with van der Waals surface area (Å²) in [6.45, 7) is 0. The summed E-state index contributed by atoms with van der Waals surface area (Å²) in [6, 6.07) is 8.83. The van der Waals surface area contributed by atoms with E-state index in [1.165, 1.54) is 12.1 Å². The third kappa shape index (κ3) is 2.81. The number of nitro benzene ring substituents is 1. The topological polar surface area (TPSA) is 92.6 Å². The SMILES string of the molecule is CN1C(=O)Cc2cc(NC(=O)c3ccc([N+](=O)[O-])cc3Cl)ccc21. The minimum Gasteiger partial charge on any atom is -0.322 e. The van der Waals surface area contributed by atoms with Crippen molar-refractivity contribution in [3.63, 3.8) is 0 Å². The number of nitrogens with zero attached hydrogens (tertiary/aromatic N) is 2. The lowest BCUT2D eigenvalue weighted by Gasteiger charge is -2.11. The normalized spacial score (nSPS) is 12.9. The summed E-state index contributed by atoms with van der Waals surface area (Å²) in [5, 5.41) is 13.4. The van der Waals surface area contributed by atoms with Gasteiger partial charge in [-0.3, -0.25) is 19.7 Å². The highest BCUT2D eigenvalue weighted by Crippen LogP contribution is 2.30. The van der Waals surface area contributed by atoms with E-state index in [0.29, 0.717) is 5.69 Å². The molecule has 0 unspecified atom stereocenters. The van der Waals surface area contributed by atoms with Crippen LogP contribution in [0.4, 0.5) is 17.1 Å². The maximum absolute atomic E-state index is 12.3. The van der Waals surface area contributed by atoms with Gasteiger partial charge in [0.1, 0.15) is 0 Å². The van der Waals surface area contributed by atoms with Crippen molar-refractivity contribution in [2.45, 2.75) is 6.42 Å². The van der Waals surface area contributed by atoms with Gasteiger partial charge in [-0.1, -0.05) is 11.6 Å². The number of likely N-dealkylation sites (N-methyl/N-ethyl adjacent to an activating group) is 1. The first-order valence-corrected chi connectivity index (χ1v) is 7.39. The van der Waals surface area contributed by atoms with Gasteiger partial charge in [0, 0.05) is 30.6 Å². The molecule has 0 saturated carbocycles. The molecule has 8 heteroatoms. The van der Waals surface area contributed by atoms with Gasteiger partial charge in [0.2, 0.25) is 5.91 Å². The number of anilines is 2. The average molecular weight is 346 g/mol. The Kier molecular flexibility index (Phi) is 3.94. The van der Waals surface area contributed by atoms with Crippen LogP contribution in [0.1, 0.15) is 15.9 Å². The standard InChI is InChI=1S/C16H12ClN3O4/c1-19-14-5-2-10(6-9(14)7-15(19)21)18-16(22)12-4-3-11(20(23)24)8-13(12)17/h2-6,8H,7H2,1H3,(H,18,22). The molecule has 0 fully saturated rings. The van der Waals surface area contributed by atoms with Crippen molar-refractivity contribution in [3.8, 4) is 0 Å². The van der Waals surface area contributed by atoms with Gasteiger partial charge in [-0.15, -0.1) is 0 Å². The van der Waals surface area contributed by atoms with E-state index in [4.69, 9.17) is 11.6 Å². The van der Waals surface area contributed by atoms with Crippen molar-refractivity contribution in [2.75, 3.05) is 17.3 Å². The van der Waals surface area contributed by atoms with E-state index >= 15 is 0 Å². The van der Waals surface area contributed by atoms with Gasteiger partial charge >= 0.3 is 0 Å². The zero-order chi connectivity index (χ0) is 17.4. The van der Waals surface area contributed by atoms with Crippen molar-refractivity contribution in [1.29, 1.82) is 0 Å². The van der Waals surface area contributed by atoms with Crippen molar-refractivity contribution in [3.05, 3.63) is 62.7 Å². The molecule has 0 atom stereocenters. The van der Waals surface area contributed by atoms with Crippen LogP contribution in [0.5, 0.6) is 0 Å². The summed E-state index contributed by atoms with van der Waals surface area (Å²) in [6.07, 6.45) is 0.286. The molecule has 2 aromatic rings. The molecule has 0 radical (unpaired) electrons. The Morgan fingerprint density at radius 1 is 1.29 bits per heavy atom. The van der Waals surface area contributed by atoms with Gasteiger partial charge < -0.3 is 10.2 Å². The highest BCUT2D eigenvalue weighted by atomic mass is 35.5. The Bertz CT molecular complexity index is 882. The number of rotatable bonds is 3. The molecular weight excluding hydrogens is 334 g/mol. The molecule has 0 aliphatic carbocycles. The molecule has 0 saturated heterocycles. The summed E-state index contributed by atoms with van der Waals surface area (Å²) < 4.78 is 0. The highest BCUT2D eigenvalue weighted by Gasteiger charge is 2.24. The number of hydrogen-bond acceptors (Lipinski definition) is 4. The number of hydrogen-bond donors (Lipinski definition) is 1. The molecule has 0 aromatic heterocycles. The van der Waals surface area contributed by atoms with Gasteiger partial charge in [-0.25, -0.2) is 0 Å². The monoisotopic (exact) mass is 345 g/mol. The number of carbonyl (C=O) groups is 2. The molecule has 1 N–H and O–H groups in total. The van der Waals surface area contributed by atoms with Gasteiger partial charge in [-0.05, 0) is 29.8 Å². The highest BCUT2D eigenvalue weighted by molar-refractivity contribution is 6.34. The number of nitrogens with one attached hydrogen (secondary N) is 1. The third-order valence-corrected chi connectivity index (χ3v) is 4.14. The van der Waals surface area contributed by atoms with Crippen LogP contribution in [0.2, 0.25) is 5.02 Å². The van der Waals surface area contributed by atoms with Crippen LogP contribution in [0.25, 0.3) is 0 Å². The second-order valence-corrected chi connectivity index (χ2v) is 5.76.